The Morgan fingerprint density at radius 1 is 1.32 bits per heavy atom. The van der Waals surface area contributed by atoms with Crippen molar-refractivity contribution in [3.63, 3.8) is 0 Å². The standard InChI is InChI=1S/C16H20N2O3S/c1-16(2,3)21-15(20)17-8-11-4-6-12(7-5-11)14-13(9-19)18-10-22-14/h4-7,10,19H,8-9H2,1-3H3,(H,17,20). The van der Waals surface area contributed by atoms with Crippen molar-refractivity contribution in [1.82, 2.24) is 10.3 Å². The van der Waals surface area contributed by atoms with E-state index in [1.807, 2.05) is 45.0 Å². The van der Waals surface area contributed by atoms with Gasteiger partial charge in [0, 0.05) is 6.54 Å². The second-order valence-electron chi connectivity index (χ2n) is 5.84. The van der Waals surface area contributed by atoms with Gasteiger partial charge in [-0.3, -0.25) is 0 Å². The van der Waals surface area contributed by atoms with E-state index in [2.05, 4.69) is 10.3 Å². The molecule has 22 heavy (non-hydrogen) atoms. The number of thiazole rings is 1. The minimum atomic E-state index is -0.499. The highest BCUT2D eigenvalue weighted by Gasteiger charge is 2.15. The molecule has 1 aromatic heterocycles. The van der Waals surface area contributed by atoms with Crippen LogP contribution in [-0.4, -0.2) is 21.8 Å². The van der Waals surface area contributed by atoms with Crippen LogP contribution in [-0.2, 0) is 17.9 Å². The van der Waals surface area contributed by atoms with Crippen molar-refractivity contribution < 1.29 is 14.6 Å². The molecule has 0 aliphatic heterocycles. The van der Waals surface area contributed by atoms with Gasteiger partial charge in [-0.2, -0.15) is 0 Å². The number of carbonyl (C=O) groups excluding carboxylic acids is 1. The zero-order chi connectivity index (χ0) is 16.2. The maximum atomic E-state index is 11.6. The largest absolute Gasteiger partial charge is 0.444 e. The predicted octanol–water partition coefficient (Wildman–Crippen LogP) is 3.33. The summed E-state index contributed by atoms with van der Waals surface area (Å²) in [6.45, 7) is 5.82. The van der Waals surface area contributed by atoms with E-state index in [9.17, 15) is 9.90 Å². The molecular weight excluding hydrogens is 300 g/mol. The van der Waals surface area contributed by atoms with Crippen molar-refractivity contribution in [1.29, 1.82) is 0 Å². The second-order valence-corrected chi connectivity index (χ2v) is 6.69. The summed E-state index contributed by atoms with van der Waals surface area (Å²) in [5.74, 6) is 0. The third-order valence-corrected chi connectivity index (χ3v) is 3.76. The molecular formula is C16H20N2O3S. The first-order valence-electron chi connectivity index (χ1n) is 6.98. The fraction of sp³-hybridized carbons (Fsp3) is 0.375. The lowest BCUT2D eigenvalue weighted by Crippen LogP contribution is -2.32. The number of nitrogens with zero attached hydrogens (tertiary/aromatic N) is 1. The molecule has 0 bridgehead atoms. The first-order valence-corrected chi connectivity index (χ1v) is 7.86. The van der Waals surface area contributed by atoms with Crippen molar-refractivity contribution >= 4 is 17.4 Å². The Balaban J connectivity index is 1.97. The van der Waals surface area contributed by atoms with Crippen molar-refractivity contribution in [2.75, 3.05) is 0 Å². The summed E-state index contributed by atoms with van der Waals surface area (Å²) in [5, 5.41) is 12.0. The number of benzene rings is 1. The van der Waals surface area contributed by atoms with E-state index in [1.165, 1.54) is 11.3 Å². The summed E-state index contributed by atoms with van der Waals surface area (Å²) in [7, 11) is 0. The zero-order valence-electron chi connectivity index (χ0n) is 12.9. The Morgan fingerprint density at radius 2 is 2.00 bits per heavy atom. The number of aliphatic hydroxyl groups excluding tert-OH is 1. The molecule has 0 fully saturated rings. The Hall–Kier alpha value is -1.92. The van der Waals surface area contributed by atoms with Crippen LogP contribution in [0.15, 0.2) is 29.8 Å². The number of rotatable bonds is 4. The quantitative estimate of drug-likeness (QED) is 0.906. The minimum absolute atomic E-state index is 0.0687. The highest BCUT2D eigenvalue weighted by Crippen LogP contribution is 2.27. The Morgan fingerprint density at radius 3 is 2.59 bits per heavy atom. The number of hydrogen-bond acceptors (Lipinski definition) is 5. The number of amides is 1. The third-order valence-electron chi connectivity index (χ3n) is 2.84. The Kier molecular flexibility index (Phi) is 5.15. The highest BCUT2D eigenvalue weighted by molar-refractivity contribution is 7.13. The topological polar surface area (TPSA) is 71.5 Å². The van der Waals surface area contributed by atoms with Gasteiger partial charge < -0.3 is 15.2 Å². The monoisotopic (exact) mass is 320 g/mol. The molecule has 0 spiro atoms. The number of ether oxygens (including phenoxy) is 1. The molecule has 5 nitrogen and oxygen atoms in total. The second kappa shape index (κ2) is 6.89. The molecule has 0 saturated heterocycles. The van der Waals surface area contributed by atoms with Crippen LogP contribution < -0.4 is 5.32 Å². The van der Waals surface area contributed by atoms with Crippen LogP contribution in [0.3, 0.4) is 0 Å². The first-order chi connectivity index (χ1) is 10.4. The number of carbonyl (C=O) groups is 1. The van der Waals surface area contributed by atoms with Gasteiger partial charge in [0.1, 0.15) is 5.60 Å². The normalized spacial score (nSPS) is 11.3. The molecule has 0 saturated carbocycles. The van der Waals surface area contributed by atoms with E-state index in [0.717, 1.165) is 16.0 Å². The zero-order valence-corrected chi connectivity index (χ0v) is 13.7. The summed E-state index contributed by atoms with van der Waals surface area (Å²) in [5.41, 5.74) is 3.89. The van der Waals surface area contributed by atoms with Gasteiger partial charge in [-0.1, -0.05) is 24.3 Å². The molecule has 0 unspecified atom stereocenters. The smallest absolute Gasteiger partial charge is 0.407 e. The molecule has 6 heteroatoms. The number of hydrogen-bond donors (Lipinski definition) is 2. The lowest BCUT2D eigenvalue weighted by Gasteiger charge is -2.19. The van der Waals surface area contributed by atoms with Crippen LogP contribution >= 0.6 is 11.3 Å². The molecule has 118 valence electrons. The van der Waals surface area contributed by atoms with Crippen LogP contribution in [0.2, 0.25) is 0 Å². The van der Waals surface area contributed by atoms with Crippen LogP contribution in [0, 0.1) is 0 Å². The molecule has 2 aromatic rings. The summed E-state index contributed by atoms with van der Waals surface area (Å²) in [6.07, 6.45) is -0.429. The Labute approximate surface area is 134 Å². The van der Waals surface area contributed by atoms with E-state index >= 15 is 0 Å². The number of aromatic nitrogens is 1. The molecule has 1 heterocycles. The number of aliphatic hydroxyl groups is 1. The fourth-order valence-corrected chi connectivity index (χ4v) is 2.69. The van der Waals surface area contributed by atoms with E-state index < -0.39 is 11.7 Å². The van der Waals surface area contributed by atoms with Gasteiger partial charge in [0.2, 0.25) is 0 Å². The maximum absolute atomic E-state index is 11.6. The van der Waals surface area contributed by atoms with Crippen LogP contribution in [0.1, 0.15) is 32.0 Å². The molecule has 0 aliphatic carbocycles. The van der Waals surface area contributed by atoms with Crippen molar-refractivity contribution in [3.8, 4) is 10.4 Å². The molecule has 0 atom stereocenters. The third kappa shape index (κ3) is 4.54. The van der Waals surface area contributed by atoms with Gasteiger partial charge in [-0.05, 0) is 31.9 Å². The van der Waals surface area contributed by atoms with E-state index in [-0.39, 0.29) is 6.61 Å². The van der Waals surface area contributed by atoms with Gasteiger partial charge in [0.15, 0.2) is 0 Å². The summed E-state index contributed by atoms with van der Waals surface area (Å²) in [6, 6.07) is 7.79. The van der Waals surface area contributed by atoms with Gasteiger partial charge in [-0.15, -0.1) is 11.3 Å². The summed E-state index contributed by atoms with van der Waals surface area (Å²) in [4.78, 5) is 16.7. The average Bonchev–Trinajstić information content (AvgIpc) is 2.92. The lowest BCUT2D eigenvalue weighted by molar-refractivity contribution is 0.0523. The first kappa shape index (κ1) is 16.5. The van der Waals surface area contributed by atoms with Crippen molar-refractivity contribution in [2.45, 2.75) is 39.5 Å². The van der Waals surface area contributed by atoms with Crippen molar-refractivity contribution in [3.05, 3.63) is 41.0 Å². The predicted molar refractivity (Wildman–Crippen MR) is 86.5 cm³/mol. The van der Waals surface area contributed by atoms with Crippen LogP contribution in [0.4, 0.5) is 4.79 Å². The number of nitrogens with one attached hydrogen (secondary N) is 1. The fourth-order valence-electron chi connectivity index (χ4n) is 1.88. The van der Waals surface area contributed by atoms with E-state index in [4.69, 9.17) is 4.74 Å². The van der Waals surface area contributed by atoms with Gasteiger partial charge in [0.05, 0.1) is 22.7 Å². The summed E-state index contributed by atoms with van der Waals surface area (Å²) < 4.78 is 5.19. The molecule has 1 aromatic carbocycles. The Bertz CT molecular complexity index is 630. The molecule has 1 amide bonds. The van der Waals surface area contributed by atoms with Gasteiger partial charge >= 0.3 is 6.09 Å². The minimum Gasteiger partial charge on any atom is -0.444 e. The van der Waals surface area contributed by atoms with Crippen LogP contribution in [0.5, 0.6) is 0 Å². The van der Waals surface area contributed by atoms with Crippen molar-refractivity contribution in [2.24, 2.45) is 0 Å². The maximum Gasteiger partial charge on any atom is 0.407 e. The molecule has 0 aliphatic rings. The lowest BCUT2D eigenvalue weighted by atomic mass is 10.1. The van der Waals surface area contributed by atoms with E-state index in [1.54, 1.807) is 5.51 Å². The molecule has 2 rings (SSSR count). The van der Waals surface area contributed by atoms with Gasteiger partial charge in [0.25, 0.3) is 0 Å². The SMILES string of the molecule is CC(C)(C)OC(=O)NCc1ccc(-c2scnc2CO)cc1. The van der Waals surface area contributed by atoms with Gasteiger partial charge in [-0.25, -0.2) is 9.78 Å². The molecule has 0 radical (unpaired) electrons. The highest BCUT2D eigenvalue weighted by atomic mass is 32.1. The average molecular weight is 320 g/mol. The van der Waals surface area contributed by atoms with E-state index in [0.29, 0.717) is 12.2 Å². The number of alkyl carbamates (subject to hydrolysis) is 1. The van der Waals surface area contributed by atoms with Crippen LogP contribution in [0.25, 0.3) is 10.4 Å². The summed E-state index contributed by atoms with van der Waals surface area (Å²) >= 11 is 1.50. The molecule has 2 N–H and O–H groups in total.